The van der Waals surface area contributed by atoms with Crippen LogP contribution < -0.4 is 5.73 Å². The SMILES string of the molecule is C/C=C\c1c(CC)c(C(N)=O)nn1CC1CC1. The molecule has 0 spiro atoms. The second-order valence-corrected chi connectivity index (χ2v) is 4.56. The minimum Gasteiger partial charge on any atom is -0.364 e. The quantitative estimate of drug-likeness (QED) is 0.845. The smallest absolute Gasteiger partial charge is 0.269 e. The predicted molar refractivity (Wildman–Crippen MR) is 67.6 cm³/mol. The standard InChI is InChI=1S/C13H19N3O/c1-3-5-11-10(4-2)12(13(14)17)15-16(11)8-9-6-7-9/h3,5,9H,4,6-8H2,1-2H3,(H2,14,17)/b5-3-. The van der Waals surface area contributed by atoms with E-state index in [0.717, 1.165) is 30.1 Å². The van der Waals surface area contributed by atoms with Crippen LogP contribution >= 0.6 is 0 Å². The van der Waals surface area contributed by atoms with Gasteiger partial charge < -0.3 is 5.73 Å². The van der Waals surface area contributed by atoms with E-state index in [1.165, 1.54) is 12.8 Å². The van der Waals surface area contributed by atoms with E-state index in [9.17, 15) is 4.79 Å². The molecular formula is C13H19N3O. The molecule has 4 heteroatoms. The second-order valence-electron chi connectivity index (χ2n) is 4.56. The summed E-state index contributed by atoms with van der Waals surface area (Å²) in [4.78, 5) is 11.4. The number of amides is 1. The fourth-order valence-corrected chi connectivity index (χ4v) is 2.09. The lowest BCUT2D eigenvalue weighted by Gasteiger charge is -2.03. The molecule has 1 aromatic heterocycles. The van der Waals surface area contributed by atoms with Crippen LogP contribution in [0.4, 0.5) is 0 Å². The van der Waals surface area contributed by atoms with Gasteiger partial charge in [0, 0.05) is 12.1 Å². The molecule has 1 fully saturated rings. The van der Waals surface area contributed by atoms with Gasteiger partial charge in [-0.05, 0) is 38.2 Å². The molecule has 0 aromatic carbocycles. The first-order valence-corrected chi connectivity index (χ1v) is 6.19. The van der Waals surface area contributed by atoms with E-state index in [4.69, 9.17) is 5.73 Å². The molecule has 0 saturated heterocycles. The average molecular weight is 233 g/mol. The molecule has 2 rings (SSSR count). The molecule has 1 heterocycles. The van der Waals surface area contributed by atoms with Gasteiger partial charge in [0.15, 0.2) is 5.69 Å². The third kappa shape index (κ3) is 2.40. The lowest BCUT2D eigenvalue weighted by Crippen LogP contribution is -2.14. The van der Waals surface area contributed by atoms with Crippen LogP contribution in [0.3, 0.4) is 0 Å². The molecule has 17 heavy (non-hydrogen) atoms. The van der Waals surface area contributed by atoms with Gasteiger partial charge in [0.05, 0.1) is 5.69 Å². The number of carbonyl (C=O) groups is 1. The molecule has 1 aromatic rings. The van der Waals surface area contributed by atoms with Gasteiger partial charge in [-0.25, -0.2) is 0 Å². The fourth-order valence-electron chi connectivity index (χ4n) is 2.09. The van der Waals surface area contributed by atoms with Crippen LogP contribution in [0.25, 0.3) is 6.08 Å². The van der Waals surface area contributed by atoms with Crippen molar-refractivity contribution in [3.8, 4) is 0 Å². The summed E-state index contributed by atoms with van der Waals surface area (Å²) >= 11 is 0. The van der Waals surface area contributed by atoms with Gasteiger partial charge in [-0.3, -0.25) is 9.48 Å². The van der Waals surface area contributed by atoms with Gasteiger partial charge in [0.2, 0.25) is 0 Å². The number of nitrogens with zero attached hydrogens (tertiary/aromatic N) is 2. The summed E-state index contributed by atoms with van der Waals surface area (Å²) in [6.45, 7) is 4.90. The van der Waals surface area contributed by atoms with Crippen molar-refractivity contribution < 1.29 is 4.79 Å². The molecule has 0 atom stereocenters. The van der Waals surface area contributed by atoms with Crippen molar-refractivity contribution in [2.45, 2.75) is 39.7 Å². The minimum atomic E-state index is -0.429. The maximum absolute atomic E-state index is 11.4. The minimum absolute atomic E-state index is 0.429. The number of nitrogens with two attached hydrogens (primary N) is 1. The summed E-state index contributed by atoms with van der Waals surface area (Å²) in [5.41, 5.74) is 7.81. The van der Waals surface area contributed by atoms with E-state index < -0.39 is 5.91 Å². The van der Waals surface area contributed by atoms with Crippen LogP contribution in [0.5, 0.6) is 0 Å². The zero-order chi connectivity index (χ0) is 12.4. The van der Waals surface area contributed by atoms with Crippen molar-refractivity contribution in [2.24, 2.45) is 11.7 Å². The Morgan fingerprint density at radius 3 is 2.76 bits per heavy atom. The molecule has 4 nitrogen and oxygen atoms in total. The maximum Gasteiger partial charge on any atom is 0.269 e. The Balaban J connectivity index is 2.44. The molecular weight excluding hydrogens is 214 g/mol. The van der Waals surface area contributed by atoms with Crippen LogP contribution in [0.1, 0.15) is 48.4 Å². The fraction of sp³-hybridized carbons (Fsp3) is 0.538. The summed E-state index contributed by atoms with van der Waals surface area (Å²) in [6.07, 6.45) is 7.30. The Hall–Kier alpha value is -1.58. The van der Waals surface area contributed by atoms with Crippen molar-refractivity contribution in [1.82, 2.24) is 9.78 Å². The highest BCUT2D eigenvalue weighted by Crippen LogP contribution is 2.31. The molecule has 1 aliphatic carbocycles. The number of carbonyl (C=O) groups excluding carboxylic acids is 1. The molecule has 0 bridgehead atoms. The van der Waals surface area contributed by atoms with Gasteiger partial charge in [-0.2, -0.15) is 5.10 Å². The first kappa shape index (κ1) is 11.9. The van der Waals surface area contributed by atoms with E-state index in [1.54, 1.807) is 0 Å². The number of allylic oxidation sites excluding steroid dienone is 1. The molecule has 92 valence electrons. The van der Waals surface area contributed by atoms with Gasteiger partial charge in [-0.15, -0.1) is 0 Å². The largest absolute Gasteiger partial charge is 0.364 e. The van der Waals surface area contributed by atoms with Crippen LogP contribution in [0.15, 0.2) is 6.08 Å². The lowest BCUT2D eigenvalue weighted by molar-refractivity contribution is 0.0994. The topological polar surface area (TPSA) is 60.9 Å². The number of rotatable bonds is 5. The Labute approximate surface area is 101 Å². The first-order valence-electron chi connectivity index (χ1n) is 6.19. The van der Waals surface area contributed by atoms with Crippen molar-refractivity contribution in [3.05, 3.63) is 23.0 Å². The van der Waals surface area contributed by atoms with Crippen molar-refractivity contribution >= 4 is 12.0 Å². The number of hydrogen-bond donors (Lipinski definition) is 1. The van der Waals surface area contributed by atoms with Gasteiger partial charge in [0.1, 0.15) is 0 Å². The molecule has 1 saturated carbocycles. The van der Waals surface area contributed by atoms with Crippen LogP contribution in [-0.2, 0) is 13.0 Å². The Bertz CT molecular complexity index is 455. The highest BCUT2D eigenvalue weighted by molar-refractivity contribution is 5.93. The number of hydrogen-bond acceptors (Lipinski definition) is 2. The molecule has 2 N–H and O–H groups in total. The summed E-state index contributed by atoms with van der Waals surface area (Å²) in [7, 11) is 0. The highest BCUT2D eigenvalue weighted by atomic mass is 16.1. The van der Waals surface area contributed by atoms with E-state index in [1.807, 2.05) is 30.7 Å². The second kappa shape index (κ2) is 4.73. The first-order chi connectivity index (χ1) is 8.17. The molecule has 1 aliphatic rings. The Morgan fingerprint density at radius 2 is 2.29 bits per heavy atom. The average Bonchev–Trinajstić information content (AvgIpc) is 3.02. The zero-order valence-electron chi connectivity index (χ0n) is 10.4. The summed E-state index contributed by atoms with van der Waals surface area (Å²) in [5, 5.41) is 4.37. The van der Waals surface area contributed by atoms with Gasteiger partial charge >= 0.3 is 0 Å². The molecule has 0 aliphatic heterocycles. The van der Waals surface area contributed by atoms with Gasteiger partial charge in [-0.1, -0.05) is 13.0 Å². The molecule has 0 radical (unpaired) electrons. The summed E-state index contributed by atoms with van der Waals surface area (Å²) < 4.78 is 1.94. The Kier molecular flexibility index (Phi) is 3.31. The molecule has 0 unspecified atom stereocenters. The van der Waals surface area contributed by atoms with E-state index in [-0.39, 0.29) is 0 Å². The van der Waals surface area contributed by atoms with Crippen LogP contribution in [-0.4, -0.2) is 15.7 Å². The monoisotopic (exact) mass is 233 g/mol. The predicted octanol–water partition coefficient (Wildman–Crippen LogP) is 1.99. The number of primary amides is 1. The third-order valence-electron chi connectivity index (χ3n) is 3.13. The van der Waals surface area contributed by atoms with E-state index in [0.29, 0.717) is 5.69 Å². The normalized spacial score (nSPS) is 15.6. The zero-order valence-corrected chi connectivity index (χ0v) is 10.4. The van der Waals surface area contributed by atoms with Gasteiger partial charge in [0.25, 0.3) is 5.91 Å². The third-order valence-corrected chi connectivity index (χ3v) is 3.13. The molecule has 1 amide bonds. The van der Waals surface area contributed by atoms with Crippen molar-refractivity contribution in [2.75, 3.05) is 0 Å². The summed E-state index contributed by atoms with van der Waals surface area (Å²) in [6, 6.07) is 0. The van der Waals surface area contributed by atoms with E-state index in [2.05, 4.69) is 5.10 Å². The van der Waals surface area contributed by atoms with E-state index >= 15 is 0 Å². The van der Waals surface area contributed by atoms with Crippen LogP contribution in [0, 0.1) is 5.92 Å². The van der Waals surface area contributed by atoms with Crippen molar-refractivity contribution in [1.29, 1.82) is 0 Å². The van der Waals surface area contributed by atoms with Crippen molar-refractivity contribution in [3.63, 3.8) is 0 Å². The summed E-state index contributed by atoms with van der Waals surface area (Å²) in [5.74, 6) is 0.298. The highest BCUT2D eigenvalue weighted by Gasteiger charge is 2.25. The lowest BCUT2D eigenvalue weighted by atomic mass is 10.1. The maximum atomic E-state index is 11.4. The Morgan fingerprint density at radius 1 is 1.59 bits per heavy atom. The number of aromatic nitrogens is 2. The van der Waals surface area contributed by atoms with Crippen LogP contribution in [0.2, 0.25) is 0 Å².